The Balaban J connectivity index is 3.24. The Morgan fingerprint density at radius 2 is 1.93 bits per heavy atom. The van der Waals surface area contributed by atoms with Gasteiger partial charge in [0.15, 0.2) is 0 Å². The molecule has 2 N–H and O–H groups in total. The van der Waals surface area contributed by atoms with Gasteiger partial charge in [-0.1, -0.05) is 29.8 Å². The minimum atomic E-state index is -0.205. The molecule has 0 aromatic heterocycles. The molecule has 0 saturated carbocycles. The van der Waals surface area contributed by atoms with Crippen molar-refractivity contribution >= 4 is 15.9 Å². The van der Waals surface area contributed by atoms with E-state index in [4.69, 9.17) is 5.11 Å². The molecule has 0 unspecified atom stereocenters. The van der Waals surface area contributed by atoms with Gasteiger partial charge in [0.2, 0.25) is 0 Å². The van der Waals surface area contributed by atoms with Gasteiger partial charge in [0, 0.05) is 16.6 Å². The van der Waals surface area contributed by atoms with Gasteiger partial charge in [0.05, 0.1) is 0 Å². The minimum absolute atomic E-state index is 0.127. The fraction of sp³-hybridized carbons (Fsp3) is 0.500. The van der Waals surface area contributed by atoms with Gasteiger partial charge >= 0.3 is 0 Å². The average Bonchev–Trinajstić information content (AvgIpc) is 1.99. The van der Waals surface area contributed by atoms with Gasteiger partial charge in [0.1, 0.15) is 5.75 Å². The van der Waals surface area contributed by atoms with Crippen LogP contribution in [0.3, 0.4) is 0 Å². The molecule has 0 aliphatic rings. The molecule has 0 heterocycles. The Morgan fingerprint density at radius 3 is 2.40 bits per heavy atom. The number of aromatic hydroxyl groups is 1. The Morgan fingerprint density at radius 1 is 1.33 bits per heavy atom. The van der Waals surface area contributed by atoms with Gasteiger partial charge in [-0.3, -0.25) is 0 Å². The van der Waals surface area contributed by atoms with Gasteiger partial charge in [0.25, 0.3) is 0 Å². The van der Waals surface area contributed by atoms with Crippen LogP contribution in [0.25, 0.3) is 0 Å². The molecule has 1 rings (SSSR count). The molecule has 0 radical (unpaired) electrons. The highest BCUT2D eigenvalue weighted by molar-refractivity contribution is 9.10. The highest BCUT2D eigenvalue weighted by atomic mass is 79.9. The van der Waals surface area contributed by atoms with Crippen molar-refractivity contribution in [3.05, 3.63) is 27.7 Å². The molecule has 3 heteroatoms. The van der Waals surface area contributed by atoms with Gasteiger partial charge in [-0.2, -0.15) is 0 Å². The third kappa shape index (κ3) is 2.73. The Bertz CT molecular complexity index is 336. The molecule has 0 bridgehead atoms. The second-order valence-electron chi connectivity index (χ2n) is 4.47. The molecule has 0 spiro atoms. The molecule has 0 aliphatic heterocycles. The van der Waals surface area contributed by atoms with E-state index in [1.165, 1.54) is 0 Å². The summed E-state index contributed by atoms with van der Waals surface area (Å²) in [7, 11) is 0. The lowest BCUT2D eigenvalue weighted by Crippen LogP contribution is -2.20. The third-order valence-corrected chi connectivity index (χ3v) is 3.15. The normalized spacial score (nSPS) is 11.8. The van der Waals surface area contributed by atoms with Crippen LogP contribution in [0.2, 0.25) is 0 Å². The zero-order valence-corrected chi connectivity index (χ0v) is 10.9. The van der Waals surface area contributed by atoms with E-state index in [-0.39, 0.29) is 12.0 Å². The third-order valence-electron chi connectivity index (χ3n) is 2.69. The summed E-state index contributed by atoms with van der Waals surface area (Å²) in [6, 6.07) is 3.68. The van der Waals surface area contributed by atoms with Crippen LogP contribution >= 0.6 is 15.9 Å². The number of aliphatic hydroxyl groups excluding tert-OH is 1. The van der Waals surface area contributed by atoms with Crippen molar-refractivity contribution in [3.63, 3.8) is 0 Å². The lowest BCUT2D eigenvalue weighted by Gasteiger charge is -2.27. The number of phenolic OH excluding ortho intramolecular Hbond substituents is 1. The number of phenols is 1. The van der Waals surface area contributed by atoms with Gasteiger partial charge in [-0.25, -0.2) is 0 Å². The highest BCUT2D eigenvalue weighted by Gasteiger charge is 2.25. The molecule has 0 fully saturated rings. The van der Waals surface area contributed by atoms with E-state index in [0.29, 0.717) is 12.2 Å². The van der Waals surface area contributed by atoms with Crippen LogP contribution in [0.4, 0.5) is 0 Å². The number of hydrogen-bond acceptors (Lipinski definition) is 2. The smallest absolute Gasteiger partial charge is 0.120 e. The van der Waals surface area contributed by atoms with E-state index in [2.05, 4.69) is 15.9 Å². The number of aryl methyl sites for hydroxylation is 1. The lowest BCUT2D eigenvalue weighted by molar-refractivity contribution is 0.250. The number of rotatable bonds is 3. The predicted octanol–water partition coefficient (Wildman–Crippen LogP) is 3.12. The van der Waals surface area contributed by atoms with E-state index in [1.807, 2.05) is 26.8 Å². The van der Waals surface area contributed by atoms with Crippen molar-refractivity contribution in [2.45, 2.75) is 32.6 Å². The summed E-state index contributed by atoms with van der Waals surface area (Å²) in [5.74, 6) is 0.292. The highest BCUT2D eigenvalue weighted by Crippen LogP contribution is 2.37. The van der Waals surface area contributed by atoms with Crippen LogP contribution in [0.1, 0.15) is 31.4 Å². The van der Waals surface area contributed by atoms with Crippen molar-refractivity contribution < 1.29 is 10.2 Å². The SMILES string of the molecule is Cc1cc(Br)cc(O)c1C(C)(C)CCO. The molecule has 0 amide bonds. The van der Waals surface area contributed by atoms with Crippen LogP contribution < -0.4 is 0 Å². The summed E-state index contributed by atoms with van der Waals surface area (Å²) in [5, 5.41) is 18.9. The van der Waals surface area contributed by atoms with Crippen LogP contribution in [0, 0.1) is 6.92 Å². The molecule has 1 aromatic rings. The lowest BCUT2D eigenvalue weighted by atomic mass is 9.79. The first kappa shape index (κ1) is 12.5. The van der Waals surface area contributed by atoms with Gasteiger partial charge in [-0.15, -0.1) is 0 Å². The fourth-order valence-corrected chi connectivity index (χ4v) is 2.57. The van der Waals surface area contributed by atoms with Crippen molar-refractivity contribution in [1.29, 1.82) is 0 Å². The number of aliphatic hydroxyl groups is 1. The molecule has 0 saturated heterocycles. The first-order chi connectivity index (χ1) is 6.88. The second-order valence-corrected chi connectivity index (χ2v) is 5.39. The number of benzene rings is 1. The summed E-state index contributed by atoms with van der Waals surface area (Å²) in [5.41, 5.74) is 1.75. The molecule has 2 nitrogen and oxygen atoms in total. The van der Waals surface area contributed by atoms with E-state index < -0.39 is 0 Å². The Kier molecular flexibility index (Phi) is 3.79. The standard InChI is InChI=1S/C12H17BrO2/c1-8-6-9(13)7-10(15)11(8)12(2,3)4-5-14/h6-7,14-15H,4-5H2,1-3H3. The van der Waals surface area contributed by atoms with E-state index in [1.54, 1.807) is 6.07 Å². The Labute approximate surface area is 99.1 Å². The summed E-state index contributed by atoms with van der Waals surface area (Å²) in [4.78, 5) is 0. The first-order valence-corrected chi connectivity index (χ1v) is 5.78. The molecule has 1 aromatic carbocycles. The predicted molar refractivity (Wildman–Crippen MR) is 65.3 cm³/mol. The molecule has 0 aliphatic carbocycles. The van der Waals surface area contributed by atoms with Crippen LogP contribution in [-0.4, -0.2) is 16.8 Å². The van der Waals surface area contributed by atoms with Crippen molar-refractivity contribution in [2.24, 2.45) is 0 Å². The summed E-state index contributed by atoms with van der Waals surface area (Å²) >= 11 is 3.34. The molecule has 15 heavy (non-hydrogen) atoms. The van der Waals surface area contributed by atoms with E-state index >= 15 is 0 Å². The summed E-state index contributed by atoms with van der Waals surface area (Å²) in [6.07, 6.45) is 0.642. The largest absolute Gasteiger partial charge is 0.508 e. The van der Waals surface area contributed by atoms with Crippen molar-refractivity contribution in [2.75, 3.05) is 6.61 Å². The summed E-state index contributed by atoms with van der Waals surface area (Å²) < 4.78 is 0.876. The number of hydrogen-bond donors (Lipinski definition) is 2. The Hall–Kier alpha value is -0.540. The zero-order chi connectivity index (χ0) is 11.6. The second kappa shape index (κ2) is 4.54. The topological polar surface area (TPSA) is 40.5 Å². The first-order valence-electron chi connectivity index (χ1n) is 4.99. The quantitative estimate of drug-likeness (QED) is 0.888. The molecular weight excluding hydrogens is 256 g/mol. The van der Waals surface area contributed by atoms with Crippen LogP contribution in [0.15, 0.2) is 16.6 Å². The monoisotopic (exact) mass is 272 g/mol. The van der Waals surface area contributed by atoms with E-state index in [0.717, 1.165) is 15.6 Å². The molecular formula is C12H17BrO2. The van der Waals surface area contributed by atoms with E-state index in [9.17, 15) is 5.11 Å². The zero-order valence-electron chi connectivity index (χ0n) is 9.34. The minimum Gasteiger partial charge on any atom is -0.508 e. The maximum atomic E-state index is 9.92. The fourth-order valence-electron chi connectivity index (χ4n) is 2.01. The maximum absolute atomic E-state index is 9.92. The van der Waals surface area contributed by atoms with Crippen molar-refractivity contribution in [3.8, 4) is 5.75 Å². The van der Waals surface area contributed by atoms with Crippen LogP contribution in [0.5, 0.6) is 5.75 Å². The maximum Gasteiger partial charge on any atom is 0.120 e. The van der Waals surface area contributed by atoms with Crippen molar-refractivity contribution in [1.82, 2.24) is 0 Å². The molecule has 84 valence electrons. The average molecular weight is 273 g/mol. The molecule has 0 atom stereocenters. The summed E-state index contributed by atoms with van der Waals surface area (Å²) in [6.45, 7) is 6.15. The number of halogens is 1. The van der Waals surface area contributed by atoms with Gasteiger partial charge < -0.3 is 10.2 Å². The van der Waals surface area contributed by atoms with Gasteiger partial charge in [-0.05, 0) is 36.5 Å². The van der Waals surface area contributed by atoms with Crippen LogP contribution in [-0.2, 0) is 5.41 Å².